The fourth-order valence-electron chi connectivity index (χ4n) is 2.93. The van der Waals surface area contributed by atoms with Crippen LogP contribution in [0, 0.1) is 12.8 Å². The Hall–Kier alpha value is -2.04. The summed E-state index contributed by atoms with van der Waals surface area (Å²) >= 11 is 0. The number of rotatable bonds is 6. The fraction of sp³-hybridized carbons (Fsp3) is 0.556. The number of benzene rings is 1. The van der Waals surface area contributed by atoms with E-state index in [1.807, 2.05) is 25.7 Å². The summed E-state index contributed by atoms with van der Waals surface area (Å²) in [6, 6.07) is 4.95. The summed E-state index contributed by atoms with van der Waals surface area (Å²) in [5, 5.41) is 8.99. The Morgan fingerprint density at radius 2 is 2.13 bits per heavy atom. The van der Waals surface area contributed by atoms with Gasteiger partial charge in [-0.1, -0.05) is 13.8 Å². The highest BCUT2D eigenvalue weighted by Gasteiger charge is 2.29. The van der Waals surface area contributed by atoms with Gasteiger partial charge in [0.1, 0.15) is 12.4 Å². The standard InChI is InChI=1S/C18H25NO4/c1-12(2)9-17(20)19-8-4-5-15(19)11-23-16-7-6-14(18(21)22)10-13(16)3/h6-7,10,12,15H,4-5,8-9,11H2,1-3H3,(H,21,22). The summed E-state index contributed by atoms with van der Waals surface area (Å²) in [6.07, 6.45) is 2.54. The first-order chi connectivity index (χ1) is 10.9. The second-order valence-electron chi connectivity index (χ2n) is 6.58. The van der Waals surface area contributed by atoms with Crippen LogP contribution in [-0.4, -0.2) is 41.1 Å². The molecule has 0 bridgehead atoms. The minimum Gasteiger partial charge on any atom is -0.491 e. The Balaban J connectivity index is 1.97. The van der Waals surface area contributed by atoms with Crippen LogP contribution < -0.4 is 4.74 Å². The number of aryl methyl sites for hydroxylation is 1. The van der Waals surface area contributed by atoms with Crippen LogP contribution in [0.15, 0.2) is 18.2 Å². The number of ether oxygens (including phenoxy) is 1. The lowest BCUT2D eigenvalue weighted by Crippen LogP contribution is -2.39. The molecule has 1 heterocycles. The number of carbonyl (C=O) groups is 2. The molecule has 1 aliphatic rings. The molecular weight excluding hydrogens is 294 g/mol. The second-order valence-corrected chi connectivity index (χ2v) is 6.58. The average molecular weight is 319 g/mol. The zero-order valence-corrected chi connectivity index (χ0v) is 14.0. The van der Waals surface area contributed by atoms with Crippen LogP contribution in [0.2, 0.25) is 0 Å². The van der Waals surface area contributed by atoms with Crippen molar-refractivity contribution >= 4 is 11.9 Å². The van der Waals surface area contributed by atoms with E-state index in [1.165, 1.54) is 0 Å². The van der Waals surface area contributed by atoms with Crippen molar-refractivity contribution in [3.05, 3.63) is 29.3 Å². The molecule has 1 aromatic carbocycles. The lowest BCUT2D eigenvalue weighted by Gasteiger charge is -2.26. The van der Waals surface area contributed by atoms with Crippen LogP contribution in [0.4, 0.5) is 0 Å². The van der Waals surface area contributed by atoms with Gasteiger partial charge in [-0.15, -0.1) is 0 Å². The Kier molecular flexibility index (Phi) is 5.64. The summed E-state index contributed by atoms with van der Waals surface area (Å²) in [5.74, 6) is 0.290. The molecule has 1 unspecified atom stereocenters. The average Bonchev–Trinajstić information content (AvgIpc) is 2.93. The lowest BCUT2D eigenvalue weighted by molar-refractivity contribution is -0.133. The van der Waals surface area contributed by atoms with Crippen LogP contribution >= 0.6 is 0 Å². The first kappa shape index (κ1) is 17.3. The summed E-state index contributed by atoms with van der Waals surface area (Å²) in [5.41, 5.74) is 1.05. The number of carboxylic acid groups (broad SMARTS) is 1. The number of hydrogen-bond acceptors (Lipinski definition) is 3. The van der Waals surface area contributed by atoms with Gasteiger partial charge < -0.3 is 14.7 Å². The van der Waals surface area contributed by atoms with Crippen molar-refractivity contribution in [2.45, 2.75) is 46.1 Å². The normalized spacial score (nSPS) is 17.6. The van der Waals surface area contributed by atoms with Gasteiger partial charge in [0.25, 0.3) is 0 Å². The summed E-state index contributed by atoms with van der Waals surface area (Å²) < 4.78 is 5.85. The van der Waals surface area contributed by atoms with Crippen molar-refractivity contribution in [3.63, 3.8) is 0 Å². The number of amides is 1. The molecule has 0 spiro atoms. The molecule has 0 saturated carbocycles. The largest absolute Gasteiger partial charge is 0.491 e. The fourth-order valence-corrected chi connectivity index (χ4v) is 2.93. The molecule has 0 aromatic heterocycles. The van der Waals surface area contributed by atoms with Gasteiger partial charge in [-0.05, 0) is 49.4 Å². The maximum Gasteiger partial charge on any atom is 0.335 e. The van der Waals surface area contributed by atoms with Gasteiger partial charge in [-0.2, -0.15) is 0 Å². The van der Waals surface area contributed by atoms with Gasteiger partial charge in [0.2, 0.25) is 5.91 Å². The zero-order chi connectivity index (χ0) is 17.0. The third-order valence-corrected chi connectivity index (χ3v) is 4.13. The quantitative estimate of drug-likeness (QED) is 0.875. The van der Waals surface area contributed by atoms with E-state index in [9.17, 15) is 9.59 Å². The Morgan fingerprint density at radius 1 is 1.39 bits per heavy atom. The molecule has 2 rings (SSSR count). The Morgan fingerprint density at radius 3 is 2.74 bits per heavy atom. The number of likely N-dealkylation sites (tertiary alicyclic amines) is 1. The molecule has 5 heteroatoms. The zero-order valence-electron chi connectivity index (χ0n) is 14.0. The van der Waals surface area contributed by atoms with Crippen molar-refractivity contribution in [3.8, 4) is 5.75 Å². The molecule has 5 nitrogen and oxygen atoms in total. The SMILES string of the molecule is Cc1cc(C(=O)O)ccc1OCC1CCCN1C(=O)CC(C)C. The van der Waals surface area contributed by atoms with E-state index >= 15 is 0 Å². The molecule has 1 aliphatic heterocycles. The maximum atomic E-state index is 12.3. The van der Waals surface area contributed by atoms with E-state index in [2.05, 4.69) is 0 Å². The Labute approximate surface area is 137 Å². The highest BCUT2D eigenvalue weighted by Crippen LogP contribution is 2.23. The molecule has 1 atom stereocenters. The molecular formula is C18H25NO4. The predicted molar refractivity (Wildman–Crippen MR) is 87.8 cm³/mol. The van der Waals surface area contributed by atoms with Gasteiger partial charge in [-0.3, -0.25) is 4.79 Å². The predicted octanol–water partition coefficient (Wildman–Crippen LogP) is 3.11. The second kappa shape index (κ2) is 7.49. The number of carboxylic acids is 1. The van der Waals surface area contributed by atoms with Gasteiger partial charge in [0.15, 0.2) is 0 Å². The van der Waals surface area contributed by atoms with Crippen LogP contribution in [0.5, 0.6) is 5.75 Å². The summed E-state index contributed by atoms with van der Waals surface area (Å²) in [4.78, 5) is 25.2. The molecule has 1 saturated heterocycles. The van der Waals surface area contributed by atoms with Gasteiger partial charge >= 0.3 is 5.97 Å². The monoisotopic (exact) mass is 319 g/mol. The van der Waals surface area contributed by atoms with Crippen molar-refractivity contribution in [2.75, 3.05) is 13.2 Å². The van der Waals surface area contributed by atoms with E-state index in [0.29, 0.717) is 24.7 Å². The molecule has 1 N–H and O–H groups in total. The lowest BCUT2D eigenvalue weighted by atomic mass is 10.1. The third-order valence-electron chi connectivity index (χ3n) is 4.13. The van der Waals surface area contributed by atoms with Crippen LogP contribution in [0.1, 0.15) is 49.0 Å². The van der Waals surface area contributed by atoms with E-state index < -0.39 is 5.97 Å². The summed E-state index contributed by atoms with van der Waals surface area (Å²) in [6.45, 7) is 7.19. The smallest absolute Gasteiger partial charge is 0.335 e. The van der Waals surface area contributed by atoms with Crippen molar-refractivity contribution in [2.24, 2.45) is 5.92 Å². The number of nitrogens with zero attached hydrogens (tertiary/aromatic N) is 1. The number of hydrogen-bond donors (Lipinski definition) is 1. The van der Waals surface area contributed by atoms with E-state index in [4.69, 9.17) is 9.84 Å². The van der Waals surface area contributed by atoms with Crippen LogP contribution in [-0.2, 0) is 4.79 Å². The third kappa shape index (κ3) is 4.47. The minimum absolute atomic E-state index is 0.111. The molecule has 1 aromatic rings. The van der Waals surface area contributed by atoms with Gasteiger partial charge in [0, 0.05) is 13.0 Å². The van der Waals surface area contributed by atoms with Crippen molar-refractivity contribution < 1.29 is 19.4 Å². The first-order valence-corrected chi connectivity index (χ1v) is 8.14. The number of carbonyl (C=O) groups excluding carboxylic acids is 1. The minimum atomic E-state index is -0.944. The first-order valence-electron chi connectivity index (χ1n) is 8.14. The molecule has 0 radical (unpaired) electrons. The maximum absolute atomic E-state index is 12.3. The topological polar surface area (TPSA) is 66.8 Å². The summed E-state index contributed by atoms with van der Waals surface area (Å²) in [7, 11) is 0. The molecule has 1 fully saturated rings. The highest BCUT2D eigenvalue weighted by atomic mass is 16.5. The van der Waals surface area contributed by atoms with Gasteiger partial charge in [0.05, 0.1) is 11.6 Å². The van der Waals surface area contributed by atoms with Crippen LogP contribution in [0.3, 0.4) is 0 Å². The Bertz CT molecular complexity index is 582. The molecule has 1 amide bonds. The van der Waals surface area contributed by atoms with E-state index in [0.717, 1.165) is 24.9 Å². The molecule has 0 aliphatic carbocycles. The highest BCUT2D eigenvalue weighted by molar-refractivity contribution is 5.88. The van der Waals surface area contributed by atoms with E-state index in [-0.39, 0.29) is 17.5 Å². The van der Waals surface area contributed by atoms with Crippen molar-refractivity contribution in [1.82, 2.24) is 4.90 Å². The van der Waals surface area contributed by atoms with E-state index in [1.54, 1.807) is 18.2 Å². The number of aromatic carboxylic acids is 1. The van der Waals surface area contributed by atoms with Crippen molar-refractivity contribution in [1.29, 1.82) is 0 Å². The van der Waals surface area contributed by atoms with Gasteiger partial charge in [-0.25, -0.2) is 4.79 Å². The van der Waals surface area contributed by atoms with Crippen LogP contribution in [0.25, 0.3) is 0 Å². The molecule has 23 heavy (non-hydrogen) atoms. The molecule has 126 valence electrons.